The Balaban J connectivity index is 2.86. The summed E-state index contributed by atoms with van der Waals surface area (Å²) in [6.45, 7) is 6.24. The second kappa shape index (κ2) is 5.90. The molecule has 0 heterocycles. The SMILES string of the molecule is CC[C@@H](O)CC(C)c1cccc(OC)c1C. The molecule has 0 aliphatic carbocycles. The number of aliphatic hydroxyl groups excluding tert-OH is 1. The third kappa shape index (κ3) is 2.99. The Kier molecular flexibility index (Phi) is 4.81. The van der Waals surface area contributed by atoms with Crippen LogP contribution in [0.5, 0.6) is 5.75 Å². The van der Waals surface area contributed by atoms with Crippen LogP contribution in [0, 0.1) is 6.92 Å². The lowest BCUT2D eigenvalue weighted by molar-refractivity contribution is 0.153. The Morgan fingerprint density at radius 3 is 2.62 bits per heavy atom. The van der Waals surface area contributed by atoms with E-state index in [2.05, 4.69) is 19.9 Å². The Bertz CT molecular complexity index is 334. The van der Waals surface area contributed by atoms with Crippen LogP contribution in [0.3, 0.4) is 0 Å². The van der Waals surface area contributed by atoms with E-state index in [1.807, 2.05) is 19.1 Å². The number of hydrogen-bond acceptors (Lipinski definition) is 2. The largest absolute Gasteiger partial charge is 0.496 e. The van der Waals surface area contributed by atoms with Crippen LogP contribution in [-0.2, 0) is 0 Å². The van der Waals surface area contributed by atoms with Crippen LogP contribution in [0.25, 0.3) is 0 Å². The lowest BCUT2D eigenvalue weighted by atomic mass is 9.90. The van der Waals surface area contributed by atoms with E-state index in [1.54, 1.807) is 7.11 Å². The van der Waals surface area contributed by atoms with Crippen molar-refractivity contribution >= 4 is 0 Å². The summed E-state index contributed by atoms with van der Waals surface area (Å²) in [5.74, 6) is 1.29. The van der Waals surface area contributed by atoms with Crippen molar-refractivity contribution in [2.75, 3.05) is 7.11 Å². The van der Waals surface area contributed by atoms with Gasteiger partial charge < -0.3 is 9.84 Å². The third-order valence-corrected chi connectivity index (χ3v) is 3.17. The molecule has 2 heteroatoms. The zero-order valence-corrected chi connectivity index (χ0v) is 10.7. The van der Waals surface area contributed by atoms with E-state index in [4.69, 9.17) is 4.74 Å². The van der Waals surface area contributed by atoms with E-state index in [0.717, 1.165) is 18.6 Å². The summed E-state index contributed by atoms with van der Waals surface area (Å²) in [4.78, 5) is 0. The molecule has 0 fully saturated rings. The molecule has 1 rings (SSSR count). The highest BCUT2D eigenvalue weighted by atomic mass is 16.5. The fourth-order valence-corrected chi connectivity index (χ4v) is 2.09. The van der Waals surface area contributed by atoms with E-state index >= 15 is 0 Å². The lowest BCUT2D eigenvalue weighted by Gasteiger charge is -2.19. The van der Waals surface area contributed by atoms with Gasteiger partial charge in [0.25, 0.3) is 0 Å². The normalized spacial score (nSPS) is 14.6. The maximum atomic E-state index is 9.68. The molecule has 0 saturated carbocycles. The van der Waals surface area contributed by atoms with Gasteiger partial charge >= 0.3 is 0 Å². The predicted octanol–water partition coefficient (Wildman–Crippen LogP) is 3.27. The standard InChI is InChI=1S/C14H22O2/c1-5-12(15)9-10(2)13-7-6-8-14(16-4)11(13)3/h6-8,10,12,15H,5,9H2,1-4H3/t10?,12-/m1/s1. The van der Waals surface area contributed by atoms with Gasteiger partial charge in [-0.2, -0.15) is 0 Å². The molecule has 0 amide bonds. The molecule has 0 aromatic heterocycles. The van der Waals surface area contributed by atoms with Crippen molar-refractivity contribution < 1.29 is 9.84 Å². The Labute approximate surface area is 98.3 Å². The predicted molar refractivity (Wildman–Crippen MR) is 67.1 cm³/mol. The summed E-state index contributed by atoms with van der Waals surface area (Å²) in [5.41, 5.74) is 2.45. The molecule has 0 aliphatic heterocycles. The topological polar surface area (TPSA) is 29.5 Å². The smallest absolute Gasteiger partial charge is 0.122 e. The van der Waals surface area contributed by atoms with Gasteiger partial charge in [-0.1, -0.05) is 26.0 Å². The second-order valence-corrected chi connectivity index (χ2v) is 4.37. The molecule has 1 N–H and O–H groups in total. The van der Waals surface area contributed by atoms with Gasteiger partial charge in [0.05, 0.1) is 13.2 Å². The summed E-state index contributed by atoms with van der Waals surface area (Å²) in [6.07, 6.45) is 1.42. The molecule has 1 unspecified atom stereocenters. The molecule has 16 heavy (non-hydrogen) atoms. The highest BCUT2D eigenvalue weighted by molar-refractivity contribution is 5.40. The van der Waals surface area contributed by atoms with Gasteiger partial charge in [-0.3, -0.25) is 0 Å². The molecule has 0 saturated heterocycles. The maximum Gasteiger partial charge on any atom is 0.122 e. The minimum Gasteiger partial charge on any atom is -0.496 e. The molecule has 1 aromatic rings. The molecule has 0 bridgehead atoms. The van der Waals surface area contributed by atoms with Gasteiger partial charge in [0.2, 0.25) is 0 Å². The van der Waals surface area contributed by atoms with E-state index in [1.165, 1.54) is 11.1 Å². The average Bonchev–Trinajstić information content (AvgIpc) is 2.29. The van der Waals surface area contributed by atoms with Gasteiger partial charge in [-0.15, -0.1) is 0 Å². The first-order chi connectivity index (χ1) is 7.60. The molecular formula is C14H22O2. The molecule has 1 aromatic carbocycles. The van der Waals surface area contributed by atoms with Crippen molar-refractivity contribution in [1.29, 1.82) is 0 Å². The first-order valence-electron chi connectivity index (χ1n) is 5.91. The van der Waals surface area contributed by atoms with Crippen molar-refractivity contribution in [2.45, 2.75) is 45.6 Å². The van der Waals surface area contributed by atoms with Crippen LogP contribution >= 0.6 is 0 Å². The Morgan fingerprint density at radius 2 is 2.06 bits per heavy atom. The van der Waals surface area contributed by atoms with Crippen molar-refractivity contribution in [3.05, 3.63) is 29.3 Å². The van der Waals surface area contributed by atoms with Crippen LogP contribution in [0.15, 0.2) is 18.2 Å². The van der Waals surface area contributed by atoms with E-state index in [0.29, 0.717) is 5.92 Å². The van der Waals surface area contributed by atoms with Gasteiger partial charge in [0.15, 0.2) is 0 Å². The minimum absolute atomic E-state index is 0.208. The molecule has 0 spiro atoms. The maximum absolute atomic E-state index is 9.68. The van der Waals surface area contributed by atoms with Gasteiger partial charge in [0, 0.05) is 0 Å². The van der Waals surface area contributed by atoms with Crippen LogP contribution in [0.4, 0.5) is 0 Å². The number of benzene rings is 1. The van der Waals surface area contributed by atoms with Gasteiger partial charge in [-0.05, 0) is 42.9 Å². The first kappa shape index (κ1) is 13.0. The second-order valence-electron chi connectivity index (χ2n) is 4.37. The summed E-state index contributed by atoms with van der Waals surface area (Å²) in [7, 11) is 1.69. The quantitative estimate of drug-likeness (QED) is 0.828. The number of methoxy groups -OCH3 is 1. The molecule has 0 aliphatic rings. The minimum atomic E-state index is -0.208. The highest BCUT2D eigenvalue weighted by Gasteiger charge is 2.14. The van der Waals surface area contributed by atoms with Gasteiger partial charge in [-0.25, -0.2) is 0 Å². The number of hydrogen-bond donors (Lipinski definition) is 1. The van der Waals surface area contributed by atoms with Crippen molar-refractivity contribution in [3.8, 4) is 5.75 Å². The summed E-state index contributed by atoms with van der Waals surface area (Å²) >= 11 is 0. The summed E-state index contributed by atoms with van der Waals surface area (Å²) in [6, 6.07) is 6.10. The van der Waals surface area contributed by atoms with Crippen LogP contribution in [0.1, 0.15) is 43.7 Å². The number of aliphatic hydroxyl groups is 1. The van der Waals surface area contributed by atoms with Crippen molar-refractivity contribution in [2.24, 2.45) is 0 Å². The fraction of sp³-hybridized carbons (Fsp3) is 0.571. The van der Waals surface area contributed by atoms with Crippen molar-refractivity contribution in [3.63, 3.8) is 0 Å². The third-order valence-electron chi connectivity index (χ3n) is 3.17. The Morgan fingerprint density at radius 1 is 1.38 bits per heavy atom. The van der Waals surface area contributed by atoms with Crippen LogP contribution < -0.4 is 4.74 Å². The lowest BCUT2D eigenvalue weighted by Crippen LogP contribution is -2.10. The van der Waals surface area contributed by atoms with Gasteiger partial charge in [0.1, 0.15) is 5.75 Å². The molecule has 2 atom stereocenters. The van der Waals surface area contributed by atoms with Crippen LogP contribution in [-0.4, -0.2) is 18.3 Å². The fourth-order valence-electron chi connectivity index (χ4n) is 2.09. The molecule has 2 nitrogen and oxygen atoms in total. The monoisotopic (exact) mass is 222 g/mol. The molecular weight excluding hydrogens is 200 g/mol. The average molecular weight is 222 g/mol. The van der Waals surface area contributed by atoms with E-state index in [9.17, 15) is 5.11 Å². The van der Waals surface area contributed by atoms with Crippen LogP contribution in [0.2, 0.25) is 0 Å². The van der Waals surface area contributed by atoms with E-state index < -0.39 is 0 Å². The molecule has 90 valence electrons. The first-order valence-corrected chi connectivity index (χ1v) is 5.91. The number of ether oxygens (including phenoxy) is 1. The molecule has 0 radical (unpaired) electrons. The van der Waals surface area contributed by atoms with E-state index in [-0.39, 0.29) is 6.10 Å². The number of rotatable bonds is 5. The zero-order chi connectivity index (χ0) is 12.1. The Hall–Kier alpha value is -1.02. The summed E-state index contributed by atoms with van der Waals surface area (Å²) in [5, 5.41) is 9.68. The summed E-state index contributed by atoms with van der Waals surface area (Å²) < 4.78 is 5.30. The zero-order valence-electron chi connectivity index (χ0n) is 10.7. The van der Waals surface area contributed by atoms with Crippen molar-refractivity contribution in [1.82, 2.24) is 0 Å². The highest BCUT2D eigenvalue weighted by Crippen LogP contribution is 2.29.